The number of carbonyl (C=O) groups excluding carboxylic acids is 1. The molecule has 0 saturated heterocycles. The molecular formula is C7H6BrNO2. The Morgan fingerprint density at radius 3 is 3.36 bits per heavy atom. The fourth-order valence-corrected chi connectivity index (χ4v) is 0.904. The van der Waals surface area contributed by atoms with Gasteiger partial charge in [-0.25, -0.2) is 9.78 Å². The Labute approximate surface area is 76.7 Å². The minimum Gasteiger partial charge on any atom is -0.464 e. The van der Waals surface area contributed by atoms with Crippen molar-refractivity contribution in [2.75, 3.05) is 7.04 Å². The number of hydrogen-bond acceptors (Lipinski definition) is 3. The fraction of sp³-hybridized carbons (Fsp3) is 0.143. The number of aromatic nitrogens is 1. The fourth-order valence-electron chi connectivity index (χ4n) is 0.569. The molecule has 3 nitrogen and oxygen atoms in total. The van der Waals surface area contributed by atoms with Crippen molar-refractivity contribution >= 4 is 21.9 Å². The van der Waals surface area contributed by atoms with Gasteiger partial charge in [-0.2, -0.15) is 0 Å². The van der Waals surface area contributed by atoms with Gasteiger partial charge in [0, 0.05) is 10.7 Å². The second-order valence-corrected chi connectivity index (χ2v) is 2.66. The first-order valence-electron chi connectivity index (χ1n) is 4.23. The van der Waals surface area contributed by atoms with E-state index in [9.17, 15) is 4.79 Å². The van der Waals surface area contributed by atoms with Crippen LogP contribution < -0.4 is 0 Å². The lowest BCUT2D eigenvalue weighted by Crippen LogP contribution is -2.03. The van der Waals surface area contributed by atoms with Gasteiger partial charge in [-0.1, -0.05) is 15.9 Å². The number of esters is 1. The molecule has 0 aromatic carbocycles. The summed E-state index contributed by atoms with van der Waals surface area (Å²) >= 11 is 3.12. The van der Waals surface area contributed by atoms with Crippen LogP contribution in [0.15, 0.2) is 22.8 Å². The number of ether oxygens (including phenoxy) is 1. The zero-order valence-corrected chi connectivity index (χ0v) is 6.96. The largest absolute Gasteiger partial charge is 0.464 e. The zero-order valence-electron chi connectivity index (χ0n) is 8.37. The van der Waals surface area contributed by atoms with E-state index in [2.05, 4.69) is 25.7 Å². The number of carbonyl (C=O) groups is 1. The molecule has 0 aliphatic carbocycles. The molecule has 0 radical (unpaired) electrons. The van der Waals surface area contributed by atoms with Gasteiger partial charge in [0.05, 0.1) is 11.2 Å². The van der Waals surface area contributed by atoms with Crippen molar-refractivity contribution in [3.8, 4) is 0 Å². The normalized spacial score (nSPS) is 14.5. The van der Waals surface area contributed by atoms with Crippen molar-refractivity contribution < 1.29 is 13.6 Å². The third-order valence-electron chi connectivity index (χ3n) is 1.02. The van der Waals surface area contributed by atoms with E-state index in [1.54, 1.807) is 6.07 Å². The van der Waals surface area contributed by atoms with Crippen LogP contribution in [-0.2, 0) is 4.74 Å². The van der Waals surface area contributed by atoms with Crippen LogP contribution in [0.4, 0.5) is 0 Å². The van der Waals surface area contributed by atoms with Gasteiger partial charge in [-0.3, -0.25) is 0 Å². The predicted octanol–water partition coefficient (Wildman–Crippen LogP) is 1.63. The maximum absolute atomic E-state index is 11.1. The molecule has 0 unspecified atom stereocenters. The monoisotopic (exact) mass is 218 g/mol. The number of nitrogens with zero attached hydrogens (tertiary/aromatic N) is 1. The Hall–Kier alpha value is -0.900. The summed E-state index contributed by atoms with van der Waals surface area (Å²) in [6.07, 6.45) is 1.38. The van der Waals surface area contributed by atoms with Crippen molar-refractivity contribution in [1.29, 1.82) is 0 Å². The molecule has 0 aliphatic rings. The Balaban J connectivity index is 2.80. The molecule has 1 rings (SSSR count). The second-order valence-electron chi connectivity index (χ2n) is 1.75. The molecule has 1 heterocycles. The molecule has 0 saturated carbocycles. The maximum atomic E-state index is 11.1. The molecule has 1 aromatic heterocycles. The molecule has 0 amide bonds. The third kappa shape index (κ3) is 2.01. The molecule has 11 heavy (non-hydrogen) atoms. The van der Waals surface area contributed by atoms with E-state index in [1.165, 1.54) is 12.3 Å². The van der Waals surface area contributed by atoms with E-state index in [0.29, 0.717) is 4.47 Å². The number of hydrogen-bond donors (Lipinski definition) is 0. The molecular weight excluding hydrogens is 210 g/mol. The average Bonchev–Trinajstić information content (AvgIpc) is 2.01. The highest BCUT2D eigenvalue weighted by Crippen LogP contribution is 2.09. The van der Waals surface area contributed by atoms with Gasteiger partial charge in [0.15, 0.2) is 0 Å². The molecule has 4 heteroatoms. The highest BCUT2D eigenvalue weighted by Gasteiger charge is 2.05. The first-order chi connectivity index (χ1) is 6.38. The molecule has 0 bridgehead atoms. The SMILES string of the molecule is [2H]C([2H])([2H])OC(=O)c1cc(Br)ccn1. The Morgan fingerprint density at radius 2 is 2.73 bits per heavy atom. The quantitative estimate of drug-likeness (QED) is 0.674. The van der Waals surface area contributed by atoms with Gasteiger partial charge in [0.25, 0.3) is 0 Å². The van der Waals surface area contributed by atoms with Crippen LogP contribution in [0.1, 0.15) is 14.6 Å². The molecule has 0 aliphatic heterocycles. The van der Waals surface area contributed by atoms with Crippen LogP contribution in [-0.4, -0.2) is 18.0 Å². The summed E-state index contributed by atoms with van der Waals surface area (Å²) in [5, 5.41) is 0. The summed E-state index contributed by atoms with van der Waals surface area (Å²) in [6, 6.07) is 3.00. The van der Waals surface area contributed by atoms with Crippen molar-refractivity contribution in [3.63, 3.8) is 0 Å². The van der Waals surface area contributed by atoms with E-state index in [1.807, 2.05) is 0 Å². The molecule has 0 fully saturated rings. The lowest BCUT2D eigenvalue weighted by molar-refractivity contribution is 0.0594. The van der Waals surface area contributed by atoms with Gasteiger partial charge >= 0.3 is 5.97 Å². The minimum atomic E-state index is -2.74. The molecule has 0 spiro atoms. The Bertz CT molecular complexity index is 353. The summed E-state index contributed by atoms with van der Waals surface area (Å²) in [7, 11) is -2.74. The number of pyridine rings is 1. The average molecular weight is 219 g/mol. The highest BCUT2D eigenvalue weighted by molar-refractivity contribution is 9.10. The summed E-state index contributed by atoms with van der Waals surface area (Å²) in [5.41, 5.74) is -0.0458. The summed E-state index contributed by atoms with van der Waals surface area (Å²) in [5.74, 6) is -0.966. The predicted molar refractivity (Wildman–Crippen MR) is 43.3 cm³/mol. The van der Waals surface area contributed by atoms with Crippen LogP contribution in [0.2, 0.25) is 0 Å². The van der Waals surface area contributed by atoms with Crippen LogP contribution >= 0.6 is 15.9 Å². The van der Waals surface area contributed by atoms with Crippen LogP contribution in [0.3, 0.4) is 0 Å². The molecule has 1 aromatic rings. The van der Waals surface area contributed by atoms with Crippen molar-refractivity contribution in [2.24, 2.45) is 0 Å². The number of rotatable bonds is 1. The lowest BCUT2D eigenvalue weighted by atomic mass is 10.4. The number of methoxy groups -OCH3 is 1. The standard InChI is InChI=1S/C7H6BrNO2/c1-11-7(10)6-4-5(8)2-3-9-6/h2-4H,1H3/i1D3. The zero-order chi connectivity index (χ0) is 10.8. The van der Waals surface area contributed by atoms with Crippen LogP contribution in [0.5, 0.6) is 0 Å². The van der Waals surface area contributed by atoms with E-state index >= 15 is 0 Å². The van der Waals surface area contributed by atoms with Crippen molar-refractivity contribution in [1.82, 2.24) is 4.98 Å². The van der Waals surface area contributed by atoms with Gasteiger partial charge in [0.1, 0.15) is 5.69 Å². The highest BCUT2D eigenvalue weighted by atomic mass is 79.9. The summed E-state index contributed by atoms with van der Waals surface area (Å²) in [4.78, 5) is 14.8. The smallest absolute Gasteiger partial charge is 0.356 e. The van der Waals surface area contributed by atoms with Crippen molar-refractivity contribution in [3.05, 3.63) is 28.5 Å². The Morgan fingerprint density at radius 1 is 1.91 bits per heavy atom. The van der Waals surface area contributed by atoms with Crippen LogP contribution in [0, 0.1) is 0 Å². The number of halogens is 1. The van der Waals surface area contributed by atoms with Gasteiger partial charge in [-0.05, 0) is 12.1 Å². The van der Waals surface area contributed by atoms with Crippen molar-refractivity contribution in [2.45, 2.75) is 0 Å². The Kier molecular flexibility index (Phi) is 1.54. The van der Waals surface area contributed by atoms with E-state index in [4.69, 9.17) is 4.11 Å². The van der Waals surface area contributed by atoms with E-state index < -0.39 is 13.0 Å². The summed E-state index contributed by atoms with van der Waals surface area (Å²) in [6.45, 7) is 0. The molecule has 58 valence electrons. The molecule has 0 N–H and O–H groups in total. The minimum absolute atomic E-state index is 0.0458. The lowest BCUT2D eigenvalue weighted by Gasteiger charge is -1.96. The van der Waals surface area contributed by atoms with Gasteiger partial charge in [-0.15, -0.1) is 0 Å². The van der Waals surface area contributed by atoms with Crippen LogP contribution in [0.25, 0.3) is 0 Å². The third-order valence-corrected chi connectivity index (χ3v) is 1.52. The topological polar surface area (TPSA) is 39.2 Å². The first-order valence-corrected chi connectivity index (χ1v) is 3.53. The maximum Gasteiger partial charge on any atom is 0.356 e. The van der Waals surface area contributed by atoms with Gasteiger partial charge in [0.2, 0.25) is 0 Å². The molecule has 0 atom stereocenters. The first kappa shape index (κ1) is 4.87. The van der Waals surface area contributed by atoms with E-state index in [0.717, 1.165) is 0 Å². The van der Waals surface area contributed by atoms with Gasteiger partial charge < -0.3 is 4.74 Å². The van der Waals surface area contributed by atoms with E-state index in [-0.39, 0.29) is 5.69 Å². The second kappa shape index (κ2) is 3.48. The summed E-state index contributed by atoms with van der Waals surface area (Å²) < 4.78 is 24.9.